The number of carbonyl (C=O) groups is 2. The lowest BCUT2D eigenvalue weighted by atomic mass is 10.0. The van der Waals surface area contributed by atoms with Crippen molar-refractivity contribution in [2.45, 2.75) is 12.1 Å². The summed E-state index contributed by atoms with van der Waals surface area (Å²) in [7, 11) is 0. The number of thiophene rings is 2. The van der Waals surface area contributed by atoms with Crippen LogP contribution in [0, 0.1) is 0 Å². The SMILES string of the molecule is CCOC(=O)c1c(-c2ccccc2)csc1NC(=O)CSc1nnc(-c2cccs2)o1. The molecule has 0 spiro atoms. The zero-order valence-electron chi connectivity index (χ0n) is 16.4. The van der Waals surface area contributed by atoms with Gasteiger partial charge in [0.15, 0.2) is 0 Å². The third-order valence-electron chi connectivity index (χ3n) is 4.07. The van der Waals surface area contributed by atoms with Crippen molar-refractivity contribution in [2.24, 2.45) is 0 Å². The number of hydrogen-bond acceptors (Lipinski definition) is 9. The molecule has 0 aliphatic carbocycles. The number of anilines is 1. The van der Waals surface area contributed by atoms with Gasteiger partial charge in [0.05, 0.1) is 17.2 Å². The molecule has 3 heterocycles. The largest absolute Gasteiger partial charge is 0.462 e. The predicted molar refractivity (Wildman–Crippen MR) is 123 cm³/mol. The van der Waals surface area contributed by atoms with Crippen LogP contribution in [0.1, 0.15) is 17.3 Å². The van der Waals surface area contributed by atoms with Gasteiger partial charge in [0.25, 0.3) is 11.1 Å². The molecule has 0 radical (unpaired) electrons. The minimum atomic E-state index is -0.469. The number of thioether (sulfide) groups is 1. The number of amides is 1. The average molecular weight is 472 g/mol. The van der Waals surface area contributed by atoms with Crippen LogP contribution in [0.2, 0.25) is 0 Å². The Kier molecular flexibility index (Phi) is 6.80. The van der Waals surface area contributed by atoms with E-state index >= 15 is 0 Å². The zero-order valence-corrected chi connectivity index (χ0v) is 18.8. The van der Waals surface area contributed by atoms with E-state index in [2.05, 4.69) is 15.5 Å². The van der Waals surface area contributed by atoms with Crippen molar-refractivity contribution in [3.05, 3.63) is 58.8 Å². The average Bonchev–Trinajstić information content (AvgIpc) is 3.53. The molecule has 158 valence electrons. The van der Waals surface area contributed by atoms with E-state index in [1.165, 1.54) is 22.7 Å². The van der Waals surface area contributed by atoms with Crippen LogP contribution in [-0.4, -0.2) is 34.4 Å². The molecule has 0 fully saturated rings. The predicted octanol–water partition coefficient (Wildman–Crippen LogP) is 5.43. The summed E-state index contributed by atoms with van der Waals surface area (Å²) in [4.78, 5) is 26.0. The standard InChI is InChI=1S/C21H17N3O4S3/c1-2-27-20(26)17-14(13-7-4-3-5-8-13)11-30-19(17)22-16(25)12-31-21-24-23-18(28-21)15-9-6-10-29-15/h3-11H,2,12H2,1H3,(H,22,25). The monoisotopic (exact) mass is 471 g/mol. The van der Waals surface area contributed by atoms with Gasteiger partial charge in [0, 0.05) is 10.9 Å². The molecule has 4 aromatic rings. The van der Waals surface area contributed by atoms with Crippen molar-refractivity contribution < 1.29 is 18.7 Å². The second-order valence-electron chi connectivity index (χ2n) is 6.13. The fourth-order valence-electron chi connectivity index (χ4n) is 2.74. The first-order chi connectivity index (χ1) is 15.2. The molecule has 0 saturated carbocycles. The molecular weight excluding hydrogens is 454 g/mol. The van der Waals surface area contributed by atoms with Crippen LogP contribution in [0.3, 0.4) is 0 Å². The molecule has 7 nitrogen and oxygen atoms in total. The molecule has 0 saturated heterocycles. The highest BCUT2D eigenvalue weighted by atomic mass is 32.2. The lowest BCUT2D eigenvalue weighted by Crippen LogP contribution is -2.16. The summed E-state index contributed by atoms with van der Waals surface area (Å²) in [6, 6.07) is 13.3. The minimum absolute atomic E-state index is 0.0624. The first kappa shape index (κ1) is 21.3. The van der Waals surface area contributed by atoms with E-state index in [-0.39, 0.29) is 18.3 Å². The normalized spacial score (nSPS) is 10.7. The Morgan fingerprint density at radius 3 is 2.71 bits per heavy atom. The summed E-state index contributed by atoms with van der Waals surface area (Å²) in [6.45, 7) is 1.99. The van der Waals surface area contributed by atoms with Gasteiger partial charge in [-0.05, 0) is 23.9 Å². The smallest absolute Gasteiger partial charge is 0.341 e. The fourth-order valence-corrected chi connectivity index (χ4v) is 4.92. The van der Waals surface area contributed by atoms with Crippen LogP contribution < -0.4 is 5.32 Å². The number of hydrogen-bond donors (Lipinski definition) is 1. The summed E-state index contributed by atoms with van der Waals surface area (Å²) in [5.41, 5.74) is 1.96. The second-order valence-corrected chi connectivity index (χ2v) is 8.88. The highest BCUT2D eigenvalue weighted by Crippen LogP contribution is 2.36. The quantitative estimate of drug-likeness (QED) is 0.270. The van der Waals surface area contributed by atoms with Crippen molar-refractivity contribution in [2.75, 3.05) is 17.7 Å². The van der Waals surface area contributed by atoms with Gasteiger partial charge in [-0.3, -0.25) is 4.79 Å². The lowest BCUT2D eigenvalue weighted by molar-refractivity contribution is -0.113. The topological polar surface area (TPSA) is 94.3 Å². The van der Waals surface area contributed by atoms with E-state index in [9.17, 15) is 9.59 Å². The number of nitrogens with one attached hydrogen (secondary N) is 1. The van der Waals surface area contributed by atoms with Gasteiger partial charge in [-0.1, -0.05) is 48.2 Å². The minimum Gasteiger partial charge on any atom is -0.462 e. The van der Waals surface area contributed by atoms with Crippen molar-refractivity contribution in [3.8, 4) is 21.9 Å². The van der Waals surface area contributed by atoms with E-state index in [1.807, 2.05) is 53.2 Å². The van der Waals surface area contributed by atoms with E-state index in [4.69, 9.17) is 9.15 Å². The highest BCUT2D eigenvalue weighted by Gasteiger charge is 2.23. The molecule has 4 rings (SSSR count). The molecular formula is C21H17N3O4S3. The number of esters is 1. The number of ether oxygens (including phenoxy) is 1. The molecule has 3 aromatic heterocycles. The Morgan fingerprint density at radius 2 is 1.97 bits per heavy atom. The zero-order chi connectivity index (χ0) is 21.6. The molecule has 1 N–H and O–H groups in total. The van der Waals surface area contributed by atoms with E-state index in [0.717, 1.165) is 27.8 Å². The van der Waals surface area contributed by atoms with Crippen LogP contribution in [0.4, 0.5) is 5.00 Å². The van der Waals surface area contributed by atoms with Crippen molar-refractivity contribution in [3.63, 3.8) is 0 Å². The number of nitrogens with zero attached hydrogens (tertiary/aromatic N) is 2. The van der Waals surface area contributed by atoms with Crippen LogP contribution in [0.5, 0.6) is 0 Å². The van der Waals surface area contributed by atoms with Crippen LogP contribution in [-0.2, 0) is 9.53 Å². The van der Waals surface area contributed by atoms with Gasteiger partial charge in [0.1, 0.15) is 10.6 Å². The molecule has 0 aliphatic rings. The summed E-state index contributed by atoms with van der Waals surface area (Å²) < 4.78 is 10.8. The maximum absolute atomic E-state index is 12.6. The van der Waals surface area contributed by atoms with E-state index in [0.29, 0.717) is 21.7 Å². The van der Waals surface area contributed by atoms with Gasteiger partial charge >= 0.3 is 5.97 Å². The van der Waals surface area contributed by atoms with Crippen molar-refractivity contribution >= 4 is 51.3 Å². The molecule has 0 atom stereocenters. The summed E-state index contributed by atoms with van der Waals surface area (Å²) in [5.74, 6) is -0.267. The maximum Gasteiger partial charge on any atom is 0.341 e. The Morgan fingerprint density at radius 1 is 1.13 bits per heavy atom. The summed E-state index contributed by atoms with van der Waals surface area (Å²) in [5, 5.41) is 15.3. The second kappa shape index (κ2) is 9.90. The fraction of sp³-hybridized carbons (Fsp3) is 0.143. The Bertz CT molecular complexity index is 1170. The van der Waals surface area contributed by atoms with Gasteiger partial charge in [-0.15, -0.1) is 32.9 Å². The highest BCUT2D eigenvalue weighted by molar-refractivity contribution is 7.99. The molecule has 1 amide bonds. The van der Waals surface area contributed by atoms with Crippen molar-refractivity contribution in [1.82, 2.24) is 10.2 Å². The van der Waals surface area contributed by atoms with Gasteiger partial charge in [-0.2, -0.15) is 0 Å². The number of aromatic nitrogens is 2. The van der Waals surface area contributed by atoms with Gasteiger partial charge < -0.3 is 14.5 Å². The van der Waals surface area contributed by atoms with E-state index < -0.39 is 5.97 Å². The van der Waals surface area contributed by atoms with Crippen molar-refractivity contribution in [1.29, 1.82) is 0 Å². The number of rotatable bonds is 8. The van der Waals surface area contributed by atoms with E-state index in [1.54, 1.807) is 6.92 Å². The molecule has 1 aromatic carbocycles. The third kappa shape index (κ3) is 5.04. The van der Waals surface area contributed by atoms with Gasteiger partial charge in [0.2, 0.25) is 5.91 Å². The maximum atomic E-state index is 12.6. The molecule has 10 heteroatoms. The molecule has 31 heavy (non-hydrogen) atoms. The Balaban J connectivity index is 1.46. The summed E-state index contributed by atoms with van der Waals surface area (Å²) >= 11 is 3.92. The number of benzene rings is 1. The van der Waals surface area contributed by atoms with Crippen LogP contribution in [0.25, 0.3) is 21.9 Å². The molecule has 0 unspecified atom stereocenters. The summed E-state index contributed by atoms with van der Waals surface area (Å²) in [6.07, 6.45) is 0. The Labute approximate surface area is 190 Å². The van der Waals surface area contributed by atoms with Crippen LogP contribution in [0.15, 0.2) is 62.9 Å². The lowest BCUT2D eigenvalue weighted by Gasteiger charge is -2.08. The number of carbonyl (C=O) groups excluding carboxylic acids is 2. The third-order valence-corrected chi connectivity index (χ3v) is 6.65. The molecule has 0 bridgehead atoms. The Hall–Kier alpha value is -2.95. The molecule has 0 aliphatic heterocycles. The first-order valence-electron chi connectivity index (χ1n) is 9.29. The first-order valence-corrected chi connectivity index (χ1v) is 12.0. The van der Waals surface area contributed by atoms with Crippen LogP contribution >= 0.6 is 34.4 Å². The van der Waals surface area contributed by atoms with Gasteiger partial charge in [-0.25, -0.2) is 4.79 Å².